The van der Waals surface area contributed by atoms with Gasteiger partial charge in [0.2, 0.25) is 11.6 Å². The molecule has 36 heavy (non-hydrogen) atoms. The minimum atomic E-state index is 0.580. The lowest BCUT2D eigenvalue weighted by atomic mass is 10.2. The molecule has 0 fully saturated rings. The van der Waals surface area contributed by atoms with Crippen LogP contribution in [0.5, 0.6) is 0 Å². The molecule has 8 heteroatoms. The first-order chi connectivity index (χ1) is 17.8. The predicted octanol–water partition coefficient (Wildman–Crippen LogP) is 6.52. The van der Waals surface area contributed by atoms with Crippen LogP contribution in [0.15, 0.2) is 108 Å². The molecule has 0 aliphatic heterocycles. The highest BCUT2D eigenvalue weighted by molar-refractivity contribution is 7.99. The van der Waals surface area contributed by atoms with Crippen LogP contribution in [-0.2, 0) is 13.1 Å². The maximum absolute atomic E-state index is 4.47. The summed E-state index contributed by atoms with van der Waals surface area (Å²) in [6.07, 6.45) is 12.2. The van der Waals surface area contributed by atoms with E-state index >= 15 is 0 Å². The molecule has 4 aromatic rings. The summed E-state index contributed by atoms with van der Waals surface area (Å²) >= 11 is 3.25. The van der Waals surface area contributed by atoms with E-state index in [0.29, 0.717) is 24.7 Å². The molecule has 0 amide bonds. The Morgan fingerprint density at radius 3 is 1.42 bits per heavy atom. The minimum absolute atomic E-state index is 0.580. The van der Waals surface area contributed by atoms with Gasteiger partial charge in [-0.2, -0.15) is 0 Å². The fourth-order valence-electron chi connectivity index (χ4n) is 3.45. The Balaban J connectivity index is 1.49. The standard InChI is InChI=1S/C28H28N6S2/c1-3-19-33-25(29-31-27(33)35-21-11-17-23-13-7-5-8-14-23)26-30-32-28(34(26)20-4-2)36-22-12-18-24-15-9-6-10-16-24/h3-18H,1-2,19-22H2/b17-11+,18-12+. The van der Waals surface area contributed by atoms with Crippen molar-refractivity contribution >= 4 is 35.7 Å². The van der Waals surface area contributed by atoms with Gasteiger partial charge in [-0.1, -0.05) is 121 Å². The van der Waals surface area contributed by atoms with E-state index in [1.165, 1.54) is 11.1 Å². The van der Waals surface area contributed by atoms with E-state index in [9.17, 15) is 0 Å². The van der Waals surface area contributed by atoms with Crippen molar-refractivity contribution in [3.63, 3.8) is 0 Å². The number of benzene rings is 2. The molecule has 0 spiro atoms. The quantitative estimate of drug-likeness (QED) is 0.150. The van der Waals surface area contributed by atoms with Crippen molar-refractivity contribution in [2.45, 2.75) is 23.4 Å². The first kappa shape index (κ1) is 25.5. The van der Waals surface area contributed by atoms with Crippen molar-refractivity contribution in [1.82, 2.24) is 29.5 Å². The molecule has 0 N–H and O–H groups in total. The largest absolute Gasteiger partial charge is 0.295 e. The van der Waals surface area contributed by atoms with Gasteiger partial charge in [0.05, 0.1) is 0 Å². The first-order valence-corrected chi connectivity index (χ1v) is 13.5. The summed E-state index contributed by atoms with van der Waals surface area (Å²) in [5, 5.41) is 19.5. The number of nitrogens with zero attached hydrogens (tertiary/aromatic N) is 6. The third kappa shape index (κ3) is 6.74. The summed E-state index contributed by atoms with van der Waals surface area (Å²) in [6, 6.07) is 20.5. The second kappa shape index (κ2) is 13.5. The van der Waals surface area contributed by atoms with Gasteiger partial charge >= 0.3 is 0 Å². The normalized spacial score (nSPS) is 11.4. The summed E-state index contributed by atoms with van der Waals surface area (Å²) in [6.45, 7) is 8.99. The van der Waals surface area contributed by atoms with E-state index in [-0.39, 0.29) is 0 Å². The maximum Gasteiger partial charge on any atom is 0.203 e. The second-order valence-electron chi connectivity index (χ2n) is 7.66. The van der Waals surface area contributed by atoms with Crippen LogP contribution < -0.4 is 0 Å². The van der Waals surface area contributed by atoms with Crippen LogP contribution >= 0.6 is 23.5 Å². The molecule has 6 nitrogen and oxygen atoms in total. The highest BCUT2D eigenvalue weighted by Gasteiger charge is 2.21. The Morgan fingerprint density at radius 1 is 0.611 bits per heavy atom. The van der Waals surface area contributed by atoms with E-state index in [1.807, 2.05) is 57.7 Å². The van der Waals surface area contributed by atoms with Crippen molar-refractivity contribution in [2.24, 2.45) is 0 Å². The van der Waals surface area contributed by atoms with Crippen LogP contribution in [0.25, 0.3) is 23.8 Å². The fraction of sp³-hybridized carbons (Fsp3) is 0.143. The number of hydrogen-bond acceptors (Lipinski definition) is 6. The molecular weight excluding hydrogens is 484 g/mol. The zero-order chi connectivity index (χ0) is 25.0. The van der Waals surface area contributed by atoms with Gasteiger partial charge in [-0.25, -0.2) is 0 Å². The van der Waals surface area contributed by atoms with Crippen molar-refractivity contribution in [1.29, 1.82) is 0 Å². The van der Waals surface area contributed by atoms with Crippen LogP contribution in [0.1, 0.15) is 11.1 Å². The van der Waals surface area contributed by atoms with Gasteiger partial charge in [-0.15, -0.1) is 33.6 Å². The predicted molar refractivity (Wildman–Crippen MR) is 152 cm³/mol. The van der Waals surface area contributed by atoms with Crippen LogP contribution in [0.3, 0.4) is 0 Å². The number of hydrogen-bond donors (Lipinski definition) is 0. The fourth-order valence-corrected chi connectivity index (χ4v) is 4.96. The Morgan fingerprint density at radius 2 is 1.03 bits per heavy atom. The zero-order valence-corrected chi connectivity index (χ0v) is 21.6. The van der Waals surface area contributed by atoms with E-state index in [1.54, 1.807) is 23.5 Å². The maximum atomic E-state index is 4.47. The Hall–Kier alpha value is -3.62. The van der Waals surface area contributed by atoms with E-state index in [4.69, 9.17) is 0 Å². The van der Waals surface area contributed by atoms with Gasteiger partial charge < -0.3 is 0 Å². The van der Waals surface area contributed by atoms with Crippen LogP contribution in [0.4, 0.5) is 0 Å². The Bertz CT molecular complexity index is 1220. The van der Waals surface area contributed by atoms with Crippen molar-refractivity contribution in [2.75, 3.05) is 11.5 Å². The van der Waals surface area contributed by atoms with Crippen molar-refractivity contribution < 1.29 is 0 Å². The van der Waals surface area contributed by atoms with Gasteiger partial charge in [-0.05, 0) is 11.1 Å². The summed E-state index contributed by atoms with van der Waals surface area (Å²) in [7, 11) is 0. The molecule has 0 aliphatic carbocycles. The monoisotopic (exact) mass is 512 g/mol. The highest BCUT2D eigenvalue weighted by Crippen LogP contribution is 2.27. The second-order valence-corrected chi connectivity index (χ2v) is 9.63. The molecule has 182 valence electrons. The lowest BCUT2D eigenvalue weighted by molar-refractivity contribution is 0.701. The van der Waals surface area contributed by atoms with Crippen LogP contribution in [-0.4, -0.2) is 41.0 Å². The van der Waals surface area contributed by atoms with Gasteiger partial charge in [0.15, 0.2) is 10.3 Å². The highest BCUT2D eigenvalue weighted by atomic mass is 32.2. The third-order valence-electron chi connectivity index (χ3n) is 5.09. The first-order valence-electron chi connectivity index (χ1n) is 11.6. The molecular formula is C28H28N6S2. The molecule has 0 atom stereocenters. The molecule has 0 aliphatic rings. The molecule has 0 unspecified atom stereocenters. The number of thioether (sulfide) groups is 2. The summed E-state index contributed by atoms with van der Waals surface area (Å²) < 4.78 is 4.06. The minimum Gasteiger partial charge on any atom is -0.295 e. The van der Waals surface area contributed by atoms with Gasteiger partial charge in [0, 0.05) is 24.6 Å². The average molecular weight is 513 g/mol. The summed E-state index contributed by atoms with van der Waals surface area (Å²) in [4.78, 5) is 0. The Kier molecular flexibility index (Phi) is 9.53. The summed E-state index contributed by atoms with van der Waals surface area (Å²) in [5.74, 6) is 2.90. The molecule has 4 rings (SSSR count). The average Bonchev–Trinajstić information content (AvgIpc) is 3.49. The van der Waals surface area contributed by atoms with Crippen molar-refractivity contribution in [3.8, 4) is 11.6 Å². The molecule has 0 bridgehead atoms. The van der Waals surface area contributed by atoms with Gasteiger partial charge in [0.1, 0.15) is 0 Å². The lowest BCUT2D eigenvalue weighted by Gasteiger charge is -2.09. The number of allylic oxidation sites excluding steroid dienone is 2. The molecule has 0 radical (unpaired) electrons. The molecule has 0 saturated carbocycles. The number of rotatable bonds is 13. The lowest BCUT2D eigenvalue weighted by Crippen LogP contribution is -2.07. The molecule has 0 saturated heterocycles. The Labute approximate surface area is 220 Å². The van der Waals surface area contributed by atoms with E-state index in [0.717, 1.165) is 21.8 Å². The zero-order valence-electron chi connectivity index (χ0n) is 20.0. The smallest absolute Gasteiger partial charge is 0.203 e. The molecule has 2 aromatic carbocycles. The van der Waals surface area contributed by atoms with E-state index in [2.05, 4.69) is 82.1 Å². The third-order valence-corrected chi connectivity index (χ3v) is 6.93. The molecule has 2 heterocycles. The molecule has 2 aromatic heterocycles. The number of aromatic nitrogens is 6. The van der Waals surface area contributed by atoms with Crippen molar-refractivity contribution in [3.05, 3.63) is 109 Å². The SMILES string of the molecule is C=CCn1c(SC/C=C/c2ccccc2)nnc1-c1nnc(SC/C=C/c2ccccc2)n1CC=C. The summed E-state index contributed by atoms with van der Waals surface area (Å²) in [5.41, 5.74) is 2.35. The van der Waals surface area contributed by atoms with Crippen LogP contribution in [0, 0.1) is 0 Å². The van der Waals surface area contributed by atoms with E-state index < -0.39 is 0 Å². The topological polar surface area (TPSA) is 61.4 Å². The van der Waals surface area contributed by atoms with Gasteiger partial charge in [-0.3, -0.25) is 9.13 Å². The van der Waals surface area contributed by atoms with Crippen LogP contribution in [0.2, 0.25) is 0 Å². The van der Waals surface area contributed by atoms with Gasteiger partial charge in [0.25, 0.3) is 0 Å².